The summed E-state index contributed by atoms with van der Waals surface area (Å²) < 4.78 is 0. The van der Waals surface area contributed by atoms with E-state index in [4.69, 9.17) is 5.11 Å². The summed E-state index contributed by atoms with van der Waals surface area (Å²) in [5.74, 6) is 0.322. The fraction of sp³-hybridized carbons (Fsp3) is 0.211. The van der Waals surface area contributed by atoms with Crippen molar-refractivity contribution in [2.45, 2.75) is 0 Å². The highest BCUT2D eigenvalue weighted by Gasteiger charge is 1.91. The standard InChI is InChI=1S/C9H7N.C6H6O.C4H10N2/c1-2-6-9-8(4-1)5-3-7-10-9;7-6-4-2-1-3-5-6;1-2-6-4-3-5-1/h1-7H;1-5,7H;5-6H,1-4H2. The highest BCUT2D eigenvalue weighted by molar-refractivity contribution is 5.77. The van der Waals surface area contributed by atoms with Gasteiger partial charge in [0.05, 0.1) is 5.52 Å². The number of aromatic hydroxyl groups is 1. The number of piperazine rings is 1. The lowest BCUT2D eigenvalue weighted by Gasteiger charge is -2.11. The van der Waals surface area contributed by atoms with Gasteiger partial charge in [-0.3, -0.25) is 4.98 Å². The third kappa shape index (κ3) is 6.91. The lowest BCUT2D eigenvalue weighted by molar-refractivity contribution is 0.475. The Balaban J connectivity index is 0.000000131. The fourth-order valence-corrected chi connectivity index (χ4v) is 2.05. The molecule has 1 aromatic heterocycles. The maximum absolute atomic E-state index is 8.63. The van der Waals surface area contributed by atoms with Gasteiger partial charge in [0, 0.05) is 37.8 Å². The van der Waals surface area contributed by atoms with E-state index in [0.717, 1.165) is 31.7 Å². The Labute approximate surface area is 137 Å². The van der Waals surface area contributed by atoms with Gasteiger partial charge in [-0.05, 0) is 24.3 Å². The number of aromatic nitrogens is 1. The van der Waals surface area contributed by atoms with Crippen LogP contribution < -0.4 is 10.6 Å². The van der Waals surface area contributed by atoms with E-state index in [1.807, 2.05) is 36.5 Å². The van der Waals surface area contributed by atoms with Gasteiger partial charge in [0.15, 0.2) is 0 Å². The number of rotatable bonds is 0. The number of benzene rings is 2. The second-order valence-corrected chi connectivity index (χ2v) is 5.03. The summed E-state index contributed by atoms with van der Waals surface area (Å²) in [5, 5.41) is 16.3. The molecular formula is C19H23N3O. The summed E-state index contributed by atoms with van der Waals surface area (Å²) in [4.78, 5) is 4.18. The number of pyridine rings is 1. The zero-order valence-corrected chi connectivity index (χ0v) is 13.2. The second-order valence-electron chi connectivity index (χ2n) is 5.03. The quantitative estimate of drug-likeness (QED) is 0.598. The van der Waals surface area contributed by atoms with Crippen LogP contribution in [0.3, 0.4) is 0 Å². The molecule has 1 aliphatic heterocycles. The van der Waals surface area contributed by atoms with Crippen molar-refractivity contribution in [2.75, 3.05) is 26.2 Å². The van der Waals surface area contributed by atoms with Crippen LogP contribution in [0.25, 0.3) is 10.9 Å². The molecule has 1 fully saturated rings. The minimum atomic E-state index is 0.322. The number of nitrogens with zero attached hydrogens (tertiary/aromatic N) is 1. The third-order valence-corrected chi connectivity index (χ3v) is 3.23. The summed E-state index contributed by atoms with van der Waals surface area (Å²) in [6.07, 6.45) is 1.81. The molecule has 1 aliphatic rings. The van der Waals surface area contributed by atoms with E-state index in [0.29, 0.717) is 5.75 Å². The number of nitrogens with one attached hydrogen (secondary N) is 2. The number of para-hydroxylation sites is 2. The SMILES string of the molecule is C1CNCCN1.Oc1ccccc1.c1ccc2ncccc2c1. The van der Waals surface area contributed by atoms with E-state index in [1.54, 1.807) is 24.3 Å². The minimum absolute atomic E-state index is 0.322. The van der Waals surface area contributed by atoms with Crippen molar-refractivity contribution in [1.29, 1.82) is 0 Å². The molecule has 3 N–H and O–H groups in total. The molecule has 0 saturated carbocycles. The number of phenols is 1. The first-order valence-electron chi connectivity index (χ1n) is 7.81. The molecule has 0 unspecified atom stereocenters. The third-order valence-electron chi connectivity index (χ3n) is 3.23. The Kier molecular flexibility index (Phi) is 7.60. The number of hydrogen-bond donors (Lipinski definition) is 3. The molecule has 120 valence electrons. The van der Waals surface area contributed by atoms with Gasteiger partial charge in [-0.2, -0.15) is 0 Å². The van der Waals surface area contributed by atoms with Crippen molar-refractivity contribution in [2.24, 2.45) is 0 Å². The van der Waals surface area contributed by atoms with Crippen LogP contribution in [0.15, 0.2) is 72.9 Å². The predicted molar refractivity (Wildman–Crippen MR) is 95.6 cm³/mol. The zero-order chi connectivity index (χ0) is 16.2. The first-order chi connectivity index (χ1) is 11.4. The van der Waals surface area contributed by atoms with Crippen molar-refractivity contribution < 1.29 is 5.11 Å². The van der Waals surface area contributed by atoms with Crippen LogP contribution >= 0.6 is 0 Å². The molecule has 0 atom stereocenters. The molecule has 0 spiro atoms. The molecule has 4 heteroatoms. The highest BCUT2D eigenvalue weighted by Crippen LogP contribution is 2.07. The van der Waals surface area contributed by atoms with Gasteiger partial charge in [0.1, 0.15) is 5.75 Å². The predicted octanol–water partition coefficient (Wildman–Crippen LogP) is 2.81. The summed E-state index contributed by atoms with van der Waals surface area (Å²) >= 11 is 0. The van der Waals surface area contributed by atoms with Crippen LogP contribution in [0.5, 0.6) is 5.75 Å². The molecule has 0 amide bonds. The van der Waals surface area contributed by atoms with Crippen LogP contribution in [0.4, 0.5) is 0 Å². The summed E-state index contributed by atoms with van der Waals surface area (Å²) in [5.41, 5.74) is 1.06. The lowest BCUT2D eigenvalue weighted by Crippen LogP contribution is -2.39. The van der Waals surface area contributed by atoms with Gasteiger partial charge < -0.3 is 15.7 Å². The van der Waals surface area contributed by atoms with Crippen LogP contribution in [0.2, 0.25) is 0 Å². The van der Waals surface area contributed by atoms with Crippen molar-refractivity contribution in [3.05, 3.63) is 72.9 Å². The van der Waals surface area contributed by atoms with Gasteiger partial charge in [-0.1, -0.05) is 42.5 Å². The summed E-state index contributed by atoms with van der Waals surface area (Å²) in [6.45, 7) is 4.56. The number of phenolic OH excluding ortho intramolecular Hbond substituents is 1. The summed E-state index contributed by atoms with van der Waals surface area (Å²) in [6, 6.07) is 20.8. The molecule has 0 radical (unpaired) electrons. The Bertz CT molecular complexity index is 593. The first kappa shape index (κ1) is 16.9. The van der Waals surface area contributed by atoms with E-state index >= 15 is 0 Å². The second kappa shape index (κ2) is 10.3. The van der Waals surface area contributed by atoms with Gasteiger partial charge in [-0.25, -0.2) is 0 Å². The van der Waals surface area contributed by atoms with Gasteiger partial charge >= 0.3 is 0 Å². The molecule has 2 heterocycles. The number of fused-ring (bicyclic) bond motifs is 1. The maximum Gasteiger partial charge on any atom is 0.115 e. The van der Waals surface area contributed by atoms with Gasteiger partial charge in [0.25, 0.3) is 0 Å². The van der Waals surface area contributed by atoms with Crippen molar-refractivity contribution >= 4 is 10.9 Å². The van der Waals surface area contributed by atoms with E-state index in [9.17, 15) is 0 Å². The molecule has 4 rings (SSSR count). The Morgan fingerprint density at radius 3 is 1.78 bits per heavy atom. The molecule has 1 saturated heterocycles. The molecule has 3 aromatic rings. The average Bonchev–Trinajstić information content (AvgIpc) is 2.65. The van der Waals surface area contributed by atoms with Crippen molar-refractivity contribution in [1.82, 2.24) is 15.6 Å². The number of hydrogen-bond acceptors (Lipinski definition) is 4. The topological polar surface area (TPSA) is 57.2 Å². The van der Waals surface area contributed by atoms with Crippen molar-refractivity contribution in [3.63, 3.8) is 0 Å². The van der Waals surface area contributed by atoms with E-state index in [1.165, 1.54) is 5.39 Å². The Morgan fingerprint density at radius 2 is 1.26 bits per heavy atom. The smallest absolute Gasteiger partial charge is 0.115 e. The largest absolute Gasteiger partial charge is 0.508 e. The van der Waals surface area contributed by atoms with Crippen molar-refractivity contribution in [3.8, 4) is 5.75 Å². The highest BCUT2D eigenvalue weighted by atomic mass is 16.3. The minimum Gasteiger partial charge on any atom is -0.508 e. The van der Waals surface area contributed by atoms with Crippen LogP contribution in [-0.4, -0.2) is 36.3 Å². The van der Waals surface area contributed by atoms with E-state index < -0.39 is 0 Å². The maximum atomic E-state index is 8.63. The fourth-order valence-electron chi connectivity index (χ4n) is 2.05. The van der Waals surface area contributed by atoms with Crippen LogP contribution in [0.1, 0.15) is 0 Å². The zero-order valence-electron chi connectivity index (χ0n) is 13.2. The molecule has 4 nitrogen and oxygen atoms in total. The molecule has 23 heavy (non-hydrogen) atoms. The average molecular weight is 309 g/mol. The molecule has 0 bridgehead atoms. The van der Waals surface area contributed by atoms with Gasteiger partial charge in [0.2, 0.25) is 0 Å². The van der Waals surface area contributed by atoms with Crippen LogP contribution in [-0.2, 0) is 0 Å². The lowest BCUT2D eigenvalue weighted by atomic mass is 10.2. The molecular weight excluding hydrogens is 286 g/mol. The van der Waals surface area contributed by atoms with Crippen LogP contribution in [0, 0.1) is 0 Å². The first-order valence-corrected chi connectivity index (χ1v) is 7.81. The molecule has 0 aliphatic carbocycles. The van der Waals surface area contributed by atoms with Gasteiger partial charge in [-0.15, -0.1) is 0 Å². The Hall–Kier alpha value is -2.43. The normalized spacial score (nSPS) is 13.2. The molecule has 2 aromatic carbocycles. The summed E-state index contributed by atoms with van der Waals surface area (Å²) in [7, 11) is 0. The monoisotopic (exact) mass is 309 g/mol. The van der Waals surface area contributed by atoms with E-state index in [2.05, 4.69) is 27.8 Å². The van der Waals surface area contributed by atoms with E-state index in [-0.39, 0.29) is 0 Å². The Morgan fingerprint density at radius 1 is 0.696 bits per heavy atom.